The molecule has 182 valence electrons. The summed E-state index contributed by atoms with van der Waals surface area (Å²) < 4.78 is 19.0. The Bertz CT molecular complexity index is 1120. The lowest BCUT2D eigenvalue weighted by Crippen LogP contribution is -2.56. The van der Waals surface area contributed by atoms with Gasteiger partial charge in [-0.2, -0.15) is 0 Å². The minimum Gasteiger partial charge on any atom is -0.488 e. The highest BCUT2D eigenvalue weighted by Crippen LogP contribution is 2.35. The number of benzene rings is 2. The van der Waals surface area contributed by atoms with Gasteiger partial charge < -0.3 is 39.2 Å². The van der Waals surface area contributed by atoms with Crippen LogP contribution in [0.15, 0.2) is 48.7 Å². The first-order valence-corrected chi connectivity index (χ1v) is 11.7. The number of aryl methyl sites for hydroxylation is 1. The molecule has 0 amide bonds. The molecule has 0 spiro atoms. The molecule has 3 aromatic rings. The first-order valence-electron chi connectivity index (χ1n) is 11.7. The van der Waals surface area contributed by atoms with Crippen LogP contribution < -0.4 is 4.74 Å². The SMILES string of the molecule is Cc1cccc2c(Cc3ccc(OC4CCOC4)cc3)cn([C@@H]3O[C@H](CO)[C@@H](O)[C@H](O)[C@H]3O)c12. The molecule has 0 bridgehead atoms. The van der Waals surface area contributed by atoms with Crippen LogP contribution in [0.5, 0.6) is 5.75 Å². The first kappa shape index (κ1) is 23.3. The van der Waals surface area contributed by atoms with Crippen molar-refractivity contribution in [3.8, 4) is 5.75 Å². The average molecular weight is 470 g/mol. The smallest absolute Gasteiger partial charge is 0.163 e. The number of fused-ring (bicyclic) bond motifs is 1. The van der Waals surface area contributed by atoms with Crippen molar-refractivity contribution in [1.29, 1.82) is 0 Å². The molecule has 2 aliphatic rings. The molecule has 8 heteroatoms. The fraction of sp³-hybridized carbons (Fsp3) is 0.462. The van der Waals surface area contributed by atoms with Crippen molar-refractivity contribution in [2.75, 3.05) is 19.8 Å². The Hall–Kier alpha value is -2.46. The highest BCUT2D eigenvalue weighted by atomic mass is 16.6. The average Bonchev–Trinajstić information content (AvgIpc) is 3.48. The number of aliphatic hydroxyl groups excluding tert-OH is 4. The van der Waals surface area contributed by atoms with Gasteiger partial charge >= 0.3 is 0 Å². The van der Waals surface area contributed by atoms with Crippen LogP contribution in [0.25, 0.3) is 10.9 Å². The van der Waals surface area contributed by atoms with Gasteiger partial charge in [0.05, 0.1) is 25.3 Å². The van der Waals surface area contributed by atoms with Crippen molar-refractivity contribution < 1.29 is 34.6 Å². The van der Waals surface area contributed by atoms with Crippen molar-refractivity contribution in [1.82, 2.24) is 4.57 Å². The second kappa shape index (κ2) is 9.65. The fourth-order valence-corrected chi connectivity index (χ4v) is 4.92. The molecule has 2 aromatic carbocycles. The second-order valence-corrected chi connectivity index (χ2v) is 9.18. The fourth-order valence-electron chi connectivity index (χ4n) is 4.92. The maximum absolute atomic E-state index is 10.7. The van der Waals surface area contributed by atoms with Crippen LogP contribution >= 0.6 is 0 Å². The topological polar surface area (TPSA) is 114 Å². The van der Waals surface area contributed by atoms with Crippen LogP contribution in [-0.2, 0) is 15.9 Å². The quantitative estimate of drug-likeness (QED) is 0.434. The van der Waals surface area contributed by atoms with E-state index in [1.165, 1.54) is 0 Å². The Morgan fingerprint density at radius 3 is 2.53 bits per heavy atom. The maximum atomic E-state index is 10.7. The van der Waals surface area contributed by atoms with Gasteiger partial charge in [-0.05, 0) is 42.2 Å². The van der Waals surface area contributed by atoms with Crippen LogP contribution in [-0.4, -0.2) is 75.3 Å². The van der Waals surface area contributed by atoms with Gasteiger partial charge in [0.2, 0.25) is 0 Å². The number of para-hydroxylation sites is 1. The van der Waals surface area contributed by atoms with Crippen LogP contribution in [0, 0.1) is 6.92 Å². The highest BCUT2D eigenvalue weighted by Gasteiger charge is 2.44. The zero-order valence-electron chi connectivity index (χ0n) is 19.1. The molecular formula is C26H31NO7. The van der Waals surface area contributed by atoms with Gasteiger partial charge in [0, 0.05) is 18.0 Å². The normalized spacial score (nSPS) is 29.6. The number of rotatable bonds is 6. The third-order valence-electron chi connectivity index (χ3n) is 6.79. The summed E-state index contributed by atoms with van der Waals surface area (Å²) in [6, 6.07) is 14.0. The molecule has 2 fully saturated rings. The molecule has 2 saturated heterocycles. The Balaban J connectivity index is 1.44. The van der Waals surface area contributed by atoms with Gasteiger partial charge in [0.1, 0.15) is 36.3 Å². The number of aliphatic hydroxyl groups is 4. The molecule has 4 N–H and O–H groups in total. The van der Waals surface area contributed by atoms with Crippen molar-refractivity contribution in [3.05, 3.63) is 65.4 Å². The van der Waals surface area contributed by atoms with Gasteiger partial charge in [0.15, 0.2) is 6.23 Å². The predicted octanol–water partition coefficient (Wildman–Crippen LogP) is 1.68. The summed E-state index contributed by atoms with van der Waals surface area (Å²) >= 11 is 0. The number of hydrogen-bond acceptors (Lipinski definition) is 7. The Morgan fingerprint density at radius 2 is 1.82 bits per heavy atom. The lowest BCUT2D eigenvalue weighted by atomic mass is 9.98. The summed E-state index contributed by atoms with van der Waals surface area (Å²) in [5.41, 5.74) is 4.00. The van der Waals surface area contributed by atoms with E-state index in [4.69, 9.17) is 14.2 Å². The lowest BCUT2D eigenvalue weighted by Gasteiger charge is -2.40. The summed E-state index contributed by atoms with van der Waals surface area (Å²) in [6.07, 6.45) is -2.51. The van der Waals surface area contributed by atoms with Gasteiger partial charge in [-0.25, -0.2) is 0 Å². The molecule has 5 rings (SSSR count). The van der Waals surface area contributed by atoms with Crippen molar-refractivity contribution in [2.24, 2.45) is 0 Å². The van der Waals surface area contributed by atoms with E-state index in [9.17, 15) is 20.4 Å². The monoisotopic (exact) mass is 469 g/mol. The molecule has 2 aliphatic heterocycles. The van der Waals surface area contributed by atoms with Crippen LogP contribution in [0.3, 0.4) is 0 Å². The van der Waals surface area contributed by atoms with E-state index in [-0.39, 0.29) is 6.10 Å². The summed E-state index contributed by atoms with van der Waals surface area (Å²) in [5, 5.41) is 41.8. The highest BCUT2D eigenvalue weighted by molar-refractivity contribution is 5.87. The molecule has 6 atom stereocenters. The standard InChI is InChI=1S/C26H31NO7/c1-15-3-2-4-20-17(11-16-5-7-18(8-6-16)33-19-9-10-32-14-19)12-27(22(15)20)26-25(31)24(30)23(29)21(13-28)34-26/h2-8,12,19,21,23-26,28-31H,9-11,13-14H2,1H3/t19?,21-,23-,24+,25-,26-/m1/s1. The van der Waals surface area contributed by atoms with Gasteiger partial charge in [-0.1, -0.05) is 30.3 Å². The van der Waals surface area contributed by atoms with E-state index in [1.807, 2.05) is 55.6 Å². The van der Waals surface area contributed by atoms with E-state index in [2.05, 4.69) is 0 Å². The number of nitrogens with zero attached hydrogens (tertiary/aromatic N) is 1. The van der Waals surface area contributed by atoms with Crippen molar-refractivity contribution >= 4 is 10.9 Å². The molecule has 8 nitrogen and oxygen atoms in total. The molecule has 3 heterocycles. The van der Waals surface area contributed by atoms with Crippen molar-refractivity contribution in [3.63, 3.8) is 0 Å². The molecule has 34 heavy (non-hydrogen) atoms. The maximum Gasteiger partial charge on any atom is 0.163 e. The van der Waals surface area contributed by atoms with Gasteiger partial charge in [-0.3, -0.25) is 0 Å². The molecule has 0 saturated carbocycles. The summed E-state index contributed by atoms with van der Waals surface area (Å²) in [5.74, 6) is 0.818. The molecule has 1 aromatic heterocycles. The van der Waals surface area contributed by atoms with E-state index >= 15 is 0 Å². The largest absolute Gasteiger partial charge is 0.488 e. The van der Waals surface area contributed by atoms with E-state index < -0.39 is 37.3 Å². The predicted molar refractivity (Wildman–Crippen MR) is 125 cm³/mol. The zero-order chi connectivity index (χ0) is 23.8. The van der Waals surface area contributed by atoms with Crippen LogP contribution in [0.1, 0.15) is 29.3 Å². The molecule has 0 radical (unpaired) electrons. The Kier molecular flexibility index (Phi) is 6.61. The summed E-state index contributed by atoms with van der Waals surface area (Å²) in [7, 11) is 0. The van der Waals surface area contributed by atoms with Crippen molar-refractivity contribution in [2.45, 2.75) is 56.5 Å². The Morgan fingerprint density at radius 1 is 1.03 bits per heavy atom. The zero-order valence-corrected chi connectivity index (χ0v) is 19.1. The van der Waals surface area contributed by atoms with E-state index in [0.717, 1.165) is 46.4 Å². The van der Waals surface area contributed by atoms with Gasteiger partial charge in [-0.15, -0.1) is 0 Å². The molecule has 1 unspecified atom stereocenters. The summed E-state index contributed by atoms with van der Waals surface area (Å²) in [4.78, 5) is 0. The Labute approximate surface area is 197 Å². The van der Waals surface area contributed by atoms with Crippen LogP contribution in [0.4, 0.5) is 0 Å². The van der Waals surface area contributed by atoms with Crippen LogP contribution in [0.2, 0.25) is 0 Å². The number of aromatic nitrogens is 1. The molecular weight excluding hydrogens is 438 g/mol. The second-order valence-electron chi connectivity index (χ2n) is 9.18. The number of ether oxygens (including phenoxy) is 3. The first-order chi connectivity index (χ1) is 16.5. The lowest BCUT2D eigenvalue weighted by molar-refractivity contribution is -0.250. The minimum atomic E-state index is -1.43. The van der Waals surface area contributed by atoms with E-state index in [1.54, 1.807) is 4.57 Å². The van der Waals surface area contributed by atoms with E-state index in [0.29, 0.717) is 13.0 Å². The third-order valence-corrected chi connectivity index (χ3v) is 6.79. The molecule has 0 aliphatic carbocycles. The number of hydrogen-bond donors (Lipinski definition) is 4. The summed E-state index contributed by atoms with van der Waals surface area (Å²) in [6.45, 7) is 2.87. The van der Waals surface area contributed by atoms with Gasteiger partial charge in [0.25, 0.3) is 0 Å². The third kappa shape index (κ3) is 4.33. The minimum absolute atomic E-state index is 0.102.